The van der Waals surface area contributed by atoms with E-state index in [1.165, 1.54) is 66.3 Å². The summed E-state index contributed by atoms with van der Waals surface area (Å²) in [7, 11) is 0. The Hall–Kier alpha value is -5.86. The minimum Gasteiger partial charge on any atom is -0.456 e. The second-order valence-electron chi connectivity index (χ2n) is 12.5. The third-order valence-corrected chi connectivity index (χ3v) is 9.91. The van der Waals surface area contributed by atoms with E-state index in [9.17, 15) is 0 Å². The third-order valence-electron chi connectivity index (χ3n) is 9.91. The Morgan fingerprint density at radius 1 is 0.370 bits per heavy atom. The molecule has 46 heavy (non-hydrogen) atoms. The van der Waals surface area contributed by atoms with Crippen molar-refractivity contribution in [2.24, 2.45) is 0 Å². The molecule has 0 fully saturated rings. The standard InChI is InChI=1S/C44H29NO/c1-4-14-33-28(11-1)23-29-12-3-6-16-35(29)38-27-39-36-17-7-9-19-41(36)45(42(39)25-31(38)24-30-13-2-5-15-34(30)33)32-21-22-44-40(26-32)37-18-8-10-20-43(37)46-44/h1-22,25-27H,23-24H2. The Bertz CT molecular complexity index is 2650. The van der Waals surface area contributed by atoms with Gasteiger partial charge in [-0.1, -0.05) is 109 Å². The lowest BCUT2D eigenvalue weighted by atomic mass is 9.83. The van der Waals surface area contributed by atoms with Gasteiger partial charge in [-0.2, -0.15) is 0 Å². The van der Waals surface area contributed by atoms with Gasteiger partial charge in [-0.05, 0) is 99.8 Å². The van der Waals surface area contributed by atoms with Crippen molar-refractivity contribution in [3.8, 4) is 27.9 Å². The number of hydrogen-bond donors (Lipinski definition) is 0. The Kier molecular flexibility index (Phi) is 5.44. The van der Waals surface area contributed by atoms with E-state index in [4.69, 9.17) is 4.42 Å². The summed E-state index contributed by atoms with van der Waals surface area (Å²) in [4.78, 5) is 0. The Balaban J connectivity index is 1.29. The van der Waals surface area contributed by atoms with Crippen molar-refractivity contribution in [2.45, 2.75) is 12.8 Å². The van der Waals surface area contributed by atoms with Crippen LogP contribution in [0.2, 0.25) is 0 Å². The zero-order valence-electron chi connectivity index (χ0n) is 25.2. The predicted octanol–water partition coefficient (Wildman–Crippen LogP) is 11.5. The highest BCUT2D eigenvalue weighted by molar-refractivity contribution is 6.12. The molecule has 0 atom stereocenters. The number of benzene rings is 7. The van der Waals surface area contributed by atoms with Crippen LogP contribution in [0.15, 0.2) is 156 Å². The molecular weight excluding hydrogens is 558 g/mol. The number of furan rings is 1. The van der Waals surface area contributed by atoms with Gasteiger partial charge in [-0.25, -0.2) is 0 Å². The molecule has 10 rings (SSSR count). The molecule has 0 radical (unpaired) electrons. The summed E-state index contributed by atoms with van der Waals surface area (Å²) >= 11 is 0. The van der Waals surface area contributed by atoms with Crippen LogP contribution in [-0.4, -0.2) is 4.57 Å². The predicted molar refractivity (Wildman–Crippen MR) is 191 cm³/mol. The highest BCUT2D eigenvalue weighted by Crippen LogP contribution is 2.42. The molecule has 0 bridgehead atoms. The first-order valence-corrected chi connectivity index (χ1v) is 16.0. The van der Waals surface area contributed by atoms with Crippen LogP contribution in [0.4, 0.5) is 0 Å². The average Bonchev–Trinajstić information content (AvgIpc) is 3.63. The Morgan fingerprint density at radius 2 is 0.935 bits per heavy atom. The summed E-state index contributed by atoms with van der Waals surface area (Å²) in [5, 5.41) is 4.82. The van der Waals surface area contributed by atoms with Gasteiger partial charge >= 0.3 is 0 Å². The van der Waals surface area contributed by atoms with Gasteiger partial charge in [0.2, 0.25) is 0 Å². The number of nitrogens with zero attached hydrogens (tertiary/aromatic N) is 1. The van der Waals surface area contributed by atoms with Crippen molar-refractivity contribution in [1.82, 2.24) is 4.57 Å². The molecular formula is C44H29NO. The molecule has 2 heterocycles. The molecule has 216 valence electrons. The van der Waals surface area contributed by atoms with Crippen molar-refractivity contribution in [1.29, 1.82) is 0 Å². The van der Waals surface area contributed by atoms with E-state index in [0.29, 0.717) is 0 Å². The molecule has 0 saturated heterocycles. The zero-order chi connectivity index (χ0) is 30.2. The molecule has 0 spiro atoms. The smallest absolute Gasteiger partial charge is 0.135 e. The van der Waals surface area contributed by atoms with Gasteiger partial charge in [0.25, 0.3) is 0 Å². The van der Waals surface area contributed by atoms with Gasteiger partial charge < -0.3 is 8.98 Å². The van der Waals surface area contributed by atoms with Crippen LogP contribution in [0.25, 0.3) is 71.7 Å². The minimum absolute atomic E-state index is 0.844. The first-order valence-electron chi connectivity index (χ1n) is 16.0. The van der Waals surface area contributed by atoms with Crippen molar-refractivity contribution < 1.29 is 4.42 Å². The number of para-hydroxylation sites is 2. The average molecular weight is 588 g/mol. The lowest BCUT2D eigenvalue weighted by Crippen LogP contribution is -2.03. The van der Waals surface area contributed by atoms with Gasteiger partial charge in [-0.3, -0.25) is 0 Å². The third kappa shape index (κ3) is 3.77. The Labute approximate surface area is 266 Å². The van der Waals surface area contributed by atoms with Crippen LogP contribution in [-0.2, 0) is 12.8 Å². The maximum atomic E-state index is 6.20. The van der Waals surface area contributed by atoms with E-state index in [1.54, 1.807) is 0 Å². The molecule has 0 amide bonds. The lowest BCUT2D eigenvalue weighted by molar-refractivity contribution is 0.669. The molecule has 0 N–H and O–H groups in total. The van der Waals surface area contributed by atoms with E-state index < -0.39 is 0 Å². The SMILES string of the molecule is c1ccc2c(c1)Cc1ccccc1-c1cc3c4ccccc4n(-c4ccc5oc6ccccc6c5c4)c3cc1Cc1ccccc1-2. The summed E-state index contributed by atoms with van der Waals surface area (Å²) in [6.07, 6.45) is 1.73. The molecule has 9 aromatic rings. The molecule has 0 unspecified atom stereocenters. The molecule has 2 aromatic heterocycles. The highest BCUT2D eigenvalue weighted by Gasteiger charge is 2.21. The topological polar surface area (TPSA) is 18.1 Å². The van der Waals surface area contributed by atoms with Crippen LogP contribution in [0.5, 0.6) is 0 Å². The molecule has 1 aliphatic rings. The van der Waals surface area contributed by atoms with Gasteiger partial charge in [-0.15, -0.1) is 0 Å². The number of aromatic nitrogens is 1. The first kappa shape index (κ1) is 25.5. The van der Waals surface area contributed by atoms with Crippen LogP contribution in [0, 0.1) is 0 Å². The highest BCUT2D eigenvalue weighted by atomic mass is 16.3. The quantitative estimate of drug-likeness (QED) is 0.187. The monoisotopic (exact) mass is 587 g/mol. The largest absolute Gasteiger partial charge is 0.456 e. The molecule has 2 nitrogen and oxygen atoms in total. The van der Waals surface area contributed by atoms with Gasteiger partial charge in [0.1, 0.15) is 11.2 Å². The van der Waals surface area contributed by atoms with Gasteiger partial charge in [0.05, 0.1) is 11.0 Å². The van der Waals surface area contributed by atoms with E-state index in [2.05, 4.69) is 144 Å². The second kappa shape index (κ2) is 9.82. The minimum atomic E-state index is 0.844. The molecule has 2 heteroatoms. The fraction of sp³-hybridized carbons (Fsp3) is 0.0455. The van der Waals surface area contributed by atoms with Crippen molar-refractivity contribution in [3.05, 3.63) is 174 Å². The summed E-state index contributed by atoms with van der Waals surface area (Å²) in [5.41, 5.74) is 16.1. The van der Waals surface area contributed by atoms with Gasteiger partial charge in [0, 0.05) is 27.2 Å². The summed E-state index contributed by atoms with van der Waals surface area (Å²) in [6, 6.07) is 55.5. The van der Waals surface area contributed by atoms with Crippen LogP contribution >= 0.6 is 0 Å². The number of rotatable bonds is 1. The van der Waals surface area contributed by atoms with Crippen molar-refractivity contribution >= 4 is 43.7 Å². The first-order chi connectivity index (χ1) is 22.8. The normalized spacial score (nSPS) is 12.6. The lowest BCUT2D eigenvalue weighted by Gasteiger charge is -2.21. The number of fused-ring (bicyclic) bond motifs is 12. The molecule has 7 aromatic carbocycles. The maximum Gasteiger partial charge on any atom is 0.135 e. The molecule has 1 aliphatic carbocycles. The molecule has 0 aliphatic heterocycles. The second-order valence-corrected chi connectivity index (χ2v) is 12.5. The Morgan fingerprint density at radius 3 is 1.67 bits per heavy atom. The van der Waals surface area contributed by atoms with Crippen LogP contribution in [0.1, 0.15) is 22.3 Å². The van der Waals surface area contributed by atoms with E-state index >= 15 is 0 Å². The van der Waals surface area contributed by atoms with Crippen molar-refractivity contribution in [2.75, 3.05) is 0 Å². The van der Waals surface area contributed by atoms with Crippen LogP contribution in [0.3, 0.4) is 0 Å². The summed E-state index contributed by atoms with van der Waals surface area (Å²) in [6.45, 7) is 0. The fourth-order valence-electron chi connectivity index (χ4n) is 7.81. The van der Waals surface area contributed by atoms with E-state index in [0.717, 1.165) is 40.5 Å². The summed E-state index contributed by atoms with van der Waals surface area (Å²) < 4.78 is 8.65. The summed E-state index contributed by atoms with van der Waals surface area (Å²) in [5.74, 6) is 0. The van der Waals surface area contributed by atoms with Crippen molar-refractivity contribution in [3.63, 3.8) is 0 Å². The van der Waals surface area contributed by atoms with Crippen LogP contribution < -0.4 is 0 Å². The van der Waals surface area contributed by atoms with E-state index in [-0.39, 0.29) is 0 Å². The maximum absolute atomic E-state index is 6.20. The van der Waals surface area contributed by atoms with Gasteiger partial charge in [0.15, 0.2) is 0 Å². The molecule has 0 saturated carbocycles. The zero-order valence-corrected chi connectivity index (χ0v) is 25.2. The number of hydrogen-bond acceptors (Lipinski definition) is 1. The van der Waals surface area contributed by atoms with E-state index in [1.807, 2.05) is 12.1 Å². The fourth-order valence-corrected chi connectivity index (χ4v) is 7.81.